The fourth-order valence-electron chi connectivity index (χ4n) is 1.20. The van der Waals surface area contributed by atoms with Gasteiger partial charge in [-0.1, -0.05) is 35.1 Å². The van der Waals surface area contributed by atoms with Gasteiger partial charge >= 0.3 is 0 Å². The quantitative estimate of drug-likeness (QED) is 0.749. The summed E-state index contributed by atoms with van der Waals surface area (Å²) in [5, 5.41) is 1.38. The van der Waals surface area contributed by atoms with Crippen LogP contribution in [0.1, 0.15) is 0 Å². The number of nitrogen functional groups attached to an aromatic ring is 1. The van der Waals surface area contributed by atoms with Crippen molar-refractivity contribution in [1.29, 1.82) is 0 Å². The van der Waals surface area contributed by atoms with E-state index in [-0.39, 0.29) is 0 Å². The van der Waals surface area contributed by atoms with Gasteiger partial charge in [0.25, 0.3) is 0 Å². The molecule has 0 fully saturated rings. The molecule has 2 rings (SSSR count). The van der Waals surface area contributed by atoms with E-state index in [1.807, 2.05) is 24.3 Å². The van der Waals surface area contributed by atoms with E-state index in [0.29, 0.717) is 14.0 Å². The van der Waals surface area contributed by atoms with Crippen molar-refractivity contribution < 1.29 is 0 Å². The Morgan fingerprint density at radius 3 is 2.79 bits per heavy atom. The number of hydrogen-bond acceptors (Lipinski definition) is 3. The lowest BCUT2D eigenvalue weighted by atomic mass is 10.2. The monoisotopic (exact) mass is 242 g/mol. The van der Waals surface area contributed by atoms with Crippen LogP contribution in [0, 0.1) is 3.95 Å². The first-order valence-corrected chi connectivity index (χ1v) is 5.51. The summed E-state index contributed by atoms with van der Waals surface area (Å²) in [5.41, 5.74) is 7.61. The van der Waals surface area contributed by atoms with Gasteiger partial charge in [-0.2, -0.15) is 0 Å². The third-order valence-electron chi connectivity index (χ3n) is 1.79. The van der Waals surface area contributed by atoms with E-state index >= 15 is 0 Å². The van der Waals surface area contributed by atoms with E-state index in [1.165, 1.54) is 11.3 Å². The molecule has 72 valence electrons. The minimum atomic E-state index is 0.678. The Balaban J connectivity index is 2.59. The molecule has 0 unspecified atom stereocenters. The zero-order chi connectivity index (χ0) is 10.1. The molecule has 0 saturated heterocycles. The number of benzene rings is 1. The van der Waals surface area contributed by atoms with Crippen molar-refractivity contribution >= 4 is 40.2 Å². The molecule has 0 aliphatic rings. The van der Waals surface area contributed by atoms with Gasteiger partial charge in [0.2, 0.25) is 0 Å². The number of anilines is 1. The van der Waals surface area contributed by atoms with Crippen LogP contribution in [0.4, 0.5) is 5.00 Å². The molecule has 0 radical (unpaired) electrons. The maximum absolute atomic E-state index is 5.88. The third kappa shape index (κ3) is 1.82. The summed E-state index contributed by atoms with van der Waals surface area (Å²) in [7, 11) is 0. The Morgan fingerprint density at radius 1 is 1.43 bits per heavy atom. The third-order valence-corrected chi connectivity index (χ3v) is 3.09. The number of aromatic nitrogens is 1. The second-order valence-corrected chi connectivity index (χ2v) is 4.92. The summed E-state index contributed by atoms with van der Waals surface area (Å²) in [5.74, 6) is 0. The summed E-state index contributed by atoms with van der Waals surface area (Å²) in [4.78, 5) is 3.04. The lowest BCUT2D eigenvalue weighted by Gasteiger charge is -1.99. The first-order valence-electron chi connectivity index (χ1n) is 3.91. The largest absolute Gasteiger partial charge is 0.389 e. The van der Waals surface area contributed by atoms with E-state index in [4.69, 9.17) is 29.6 Å². The van der Waals surface area contributed by atoms with Gasteiger partial charge in [-0.15, -0.1) is 0 Å². The van der Waals surface area contributed by atoms with Crippen molar-refractivity contribution in [2.45, 2.75) is 0 Å². The van der Waals surface area contributed by atoms with Crippen LogP contribution >= 0.6 is 35.2 Å². The van der Waals surface area contributed by atoms with Crippen LogP contribution in [0.25, 0.3) is 11.3 Å². The number of rotatable bonds is 1. The van der Waals surface area contributed by atoms with Crippen LogP contribution < -0.4 is 5.73 Å². The molecule has 5 heteroatoms. The van der Waals surface area contributed by atoms with E-state index < -0.39 is 0 Å². The smallest absolute Gasteiger partial charge is 0.160 e. The molecular formula is C9H7ClN2S2. The van der Waals surface area contributed by atoms with E-state index in [2.05, 4.69) is 4.98 Å². The number of nitrogens with two attached hydrogens (primary N) is 1. The highest BCUT2D eigenvalue weighted by atomic mass is 35.5. The number of hydrogen-bond donors (Lipinski definition) is 2. The Bertz CT molecular complexity index is 516. The van der Waals surface area contributed by atoms with Gasteiger partial charge in [0, 0.05) is 10.6 Å². The summed E-state index contributed by atoms with van der Waals surface area (Å²) in [6, 6.07) is 7.49. The molecule has 0 saturated carbocycles. The van der Waals surface area contributed by atoms with E-state index in [1.54, 1.807) is 0 Å². The zero-order valence-corrected chi connectivity index (χ0v) is 9.47. The Hall–Kier alpha value is -0.840. The highest BCUT2D eigenvalue weighted by Crippen LogP contribution is 2.29. The minimum absolute atomic E-state index is 0.678. The minimum Gasteiger partial charge on any atom is -0.389 e. The molecule has 0 aliphatic carbocycles. The molecule has 0 amide bonds. The maximum Gasteiger partial charge on any atom is 0.160 e. The molecule has 0 bridgehead atoms. The first kappa shape index (κ1) is 9.71. The normalized spacial score (nSPS) is 10.4. The standard InChI is InChI=1S/C9H7ClN2S2/c10-6-3-1-2-5(4-6)7-8(11)14-9(13)12-7/h1-4H,11H2,(H,12,13). The summed E-state index contributed by atoms with van der Waals surface area (Å²) < 4.78 is 0.678. The number of thiazole rings is 1. The Labute approximate surface area is 95.4 Å². The van der Waals surface area contributed by atoms with Crippen LogP contribution in [0.2, 0.25) is 5.02 Å². The van der Waals surface area contributed by atoms with Crippen molar-refractivity contribution in [3.8, 4) is 11.3 Å². The van der Waals surface area contributed by atoms with Gasteiger partial charge in [0.15, 0.2) is 3.95 Å². The number of H-pyrrole nitrogens is 1. The van der Waals surface area contributed by atoms with Crippen LogP contribution in [0.15, 0.2) is 24.3 Å². The van der Waals surface area contributed by atoms with Gasteiger partial charge in [0.1, 0.15) is 5.00 Å². The van der Waals surface area contributed by atoms with Gasteiger partial charge in [0.05, 0.1) is 5.69 Å². The van der Waals surface area contributed by atoms with Gasteiger partial charge in [-0.05, 0) is 24.4 Å². The fraction of sp³-hybridized carbons (Fsp3) is 0. The topological polar surface area (TPSA) is 41.8 Å². The molecule has 0 spiro atoms. The van der Waals surface area contributed by atoms with Gasteiger partial charge in [-0.3, -0.25) is 0 Å². The summed E-state index contributed by atoms with van der Waals surface area (Å²) in [6.07, 6.45) is 0. The Morgan fingerprint density at radius 2 is 2.21 bits per heavy atom. The molecule has 14 heavy (non-hydrogen) atoms. The first-order chi connectivity index (χ1) is 6.66. The summed E-state index contributed by atoms with van der Waals surface area (Å²) >= 11 is 12.2. The second-order valence-electron chi connectivity index (χ2n) is 2.76. The van der Waals surface area contributed by atoms with Crippen molar-refractivity contribution in [1.82, 2.24) is 4.98 Å². The predicted molar refractivity (Wildman–Crippen MR) is 64.4 cm³/mol. The van der Waals surface area contributed by atoms with Crippen LogP contribution in [0.3, 0.4) is 0 Å². The number of nitrogens with one attached hydrogen (secondary N) is 1. The molecule has 1 aromatic heterocycles. The maximum atomic E-state index is 5.88. The highest BCUT2D eigenvalue weighted by Gasteiger charge is 2.05. The molecule has 2 aromatic rings. The summed E-state index contributed by atoms with van der Waals surface area (Å²) in [6.45, 7) is 0. The molecule has 3 N–H and O–H groups in total. The van der Waals surface area contributed by atoms with Crippen LogP contribution in [0.5, 0.6) is 0 Å². The van der Waals surface area contributed by atoms with Crippen molar-refractivity contribution in [2.75, 3.05) is 5.73 Å². The SMILES string of the molecule is Nc1sc(=S)[nH]c1-c1cccc(Cl)c1. The van der Waals surface area contributed by atoms with E-state index in [0.717, 1.165) is 11.3 Å². The molecule has 2 nitrogen and oxygen atoms in total. The fourth-order valence-corrected chi connectivity index (χ4v) is 2.38. The van der Waals surface area contributed by atoms with Crippen LogP contribution in [-0.4, -0.2) is 4.98 Å². The molecule has 1 heterocycles. The van der Waals surface area contributed by atoms with Gasteiger partial charge in [-0.25, -0.2) is 0 Å². The highest BCUT2D eigenvalue weighted by molar-refractivity contribution is 7.73. The van der Waals surface area contributed by atoms with Crippen molar-refractivity contribution in [3.63, 3.8) is 0 Å². The Kier molecular flexibility index (Phi) is 2.58. The molecule has 0 aliphatic heterocycles. The van der Waals surface area contributed by atoms with Crippen molar-refractivity contribution in [3.05, 3.63) is 33.2 Å². The number of halogens is 1. The van der Waals surface area contributed by atoms with Crippen LogP contribution in [-0.2, 0) is 0 Å². The van der Waals surface area contributed by atoms with E-state index in [9.17, 15) is 0 Å². The lowest BCUT2D eigenvalue weighted by Crippen LogP contribution is -1.85. The molecular weight excluding hydrogens is 236 g/mol. The average molecular weight is 243 g/mol. The molecule has 1 aromatic carbocycles. The second kappa shape index (κ2) is 3.73. The average Bonchev–Trinajstić information content (AvgIpc) is 2.45. The lowest BCUT2D eigenvalue weighted by molar-refractivity contribution is 1.39. The zero-order valence-electron chi connectivity index (χ0n) is 7.08. The van der Waals surface area contributed by atoms with Crippen molar-refractivity contribution in [2.24, 2.45) is 0 Å². The molecule has 0 atom stereocenters. The number of aromatic amines is 1. The van der Waals surface area contributed by atoms with Gasteiger partial charge < -0.3 is 10.7 Å². The predicted octanol–water partition coefficient (Wildman–Crippen LogP) is 3.71.